The number of para-hydroxylation sites is 1. The summed E-state index contributed by atoms with van der Waals surface area (Å²) in [6, 6.07) is 12.7. The van der Waals surface area contributed by atoms with Crippen molar-refractivity contribution in [1.82, 2.24) is 9.88 Å². The number of methoxy groups -OCH3 is 1. The van der Waals surface area contributed by atoms with Crippen molar-refractivity contribution >= 4 is 17.5 Å². The molecule has 30 heavy (non-hydrogen) atoms. The first-order valence-electron chi connectivity index (χ1n) is 10.0. The summed E-state index contributed by atoms with van der Waals surface area (Å²) in [5, 5.41) is 2.90. The van der Waals surface area contributed by atoms with Gasteiger partial charge in [-0.2, -0.15) is 0 Å². The zero-order valence-corrected chi connectivity index (χ0v) is 17.1. The second-order valence-corrected chi connectivity index (χ2v) is 6.94. The molecule has 2 amide bonds. The topological polar surface area (TPSA) is 90.0 Å². The van der Waals surface area contributed by atoms with E-state index in [0.29, 0.717) is 56.5 Å². The van der Waals surface area contributed by atoms with Gasteiger partial charge in [0.05, 0.1) is 6.61 Å². The molecule has 2 aromatic rings. The summed E-state index contributed by atoms with van der Waals surface area (Å²) in [5.41, 5.74) is 0.536. The molecule has 0 aliphatic carbocycles. The highest BCUT2D eigenvalue weighted by molar-refractivity contribution is 5.93. The van der Waals surface area contributed by atoms with E-state index in [1.807, 2.05) is 30.3 Å². The number of nitrogens with one attached hydrogen (secondary N) is 1. The maximum absolute atomic E-state index is 12.7. The first-order valence-corrected chi connectivity index (χ1v) is 10.0. The van der Waals surface area contributed by atoms with E-state index in [0.717, 1.165) is 0 Å². The molecule has 1 aromatic carbocycles. The van der Waals surface area contributed by atoms with Gasteiger partial charge in [0.25, 0.3) is 5.91 Å². The smallest absolute Gasteiger partial charge is 0.260 e. The van der Waals surface area contributed by atoms with Crippen LogP contribution in [0.4, 0.5) is 5.69 Å². The van der Waals surface area contributed by atoms with Crippen molar-refractivity contribution < 1.29 is 23.8 Å². The van der Waals surface area contributed by atoms with Gasteiger partial charge >= 0.3 is 0 Å². The second kappa shape index (κ2) is 11.2. The molecule has 1 fully saturated rings. The van der Waals surface area contributed by atoms with Gasteiger partial charge in [-0.05, 0) is 37.1 Å². The van der Waals surface area contributed by atoms with Gasteiger partial charge in [0, 0.05) is 32.3 Å². The molecule has 1 aliphatic rings. The zero-order valence-electron chi connectivity index (χ0n) is 17.1. The molecule has 1 aliphatic heterocycles. The van der Waals surface area contributed by atoms with Gasteiger partial charge in [0.1, 0.15) is 18.0 Å². The number of anilines is 1. The van der Waals surface area contributed by atoms with Crippen molar-refractivity contribution in [1.29, 1.82) is 0 Å². The Morgan fingerprint density at radius 3 is 2.57 bits per heavy atom. The van der Waals surface area contributed by atoms with E-state index >= 15 is 0 Å². The molecule has 0 atom stereocenters. The predicted octanol–water partition coefficient (Wildman–Crippen LogP) is 2.36. The molecule has 0 radical (unpaired) electrons. The molecule has 8 heteroatoms. The monoisotopic (exact) mass is 413 g/mol. The Balaban J connectivity index is 1.45. The van der Waals surface area contributed by atoms with Gasteiger partial charge in [-0.15, -0.1) is 0 Å². The quantitative estimate of drug-likeness (QED) is 0.635. The molecule has 2 heterocycles. The third-order valence-corrected chi connectivity index (χ3v) is 4.88. The lowest BCUT2D eigenvalue weighted by atomic mass is 9.96. The molecular formula is C22H27N3O5. The summed E-state index contributed by atoms with van der Waals surface area (Å²) < 4.78 is 16.1. The molecule has 0 bridgehead atoms. The first-order chi connectivity index (χ1) is 14.7. The lowest BCUT2D eigenvalue weighted by Crippen LogP contribution is -2.43. The van der Waals surface area contributed by atoms with Crippen LogP contribution >= 0.6 is 0 Å². The second-order valence-electron chi connectivity index (χ2n) is 6.94. The number of benzene rings is 1. The van der Waals surface area contributed by atoms with Crippen molar-refractivity contribution in [3.63, 3.8) is 0 Å². The maximum Gasteiger partial charge on any atom is 0.260 e. The van der Waals surface area contributed by atoms with Crippen LogP contribution in [0, 0.1) is 5.92 Å². The number of rotatable bonds is 9. The molecule has 3 rings (SSSR count). The van der Waals surface area contributed by atoms with Gasteiger partial charge < -0.3 is 24.4 Å². The first kappa shape index (κ1) is 21.6. The predicted molar refractivity (Wildman–Crippen MR) is 111 cm³/mol. The Kier molecular flexibility index (Phi) is 8.02. The number of aromatic nitrogens is 1. The van der Waals surface area contributed by atoms with Crippen LogP contribution in [0.3, 0.4) is 0 Å². The number of ether oxygens (including phenoxy) is 3. The number of carbonyl (C=O) groups is 2. The highest BCUT2D eigenvalue weighted by atomic mass is 16.5. The molecule has 0 saturated carbocycles. The largest absolute Gasteiger partial charge is 0.484 e. The molecule has 8 nitrogen and oxygen atoms in total. The lowest BCUT2D eigenvalue weighted by Gasteiger charge is -2.31. The molecule has 1 N–H and O–H groups in total. The van der Waals surface area contributed by atoms with Crippen LogP contribution in [0.2, 0.25) is 0 Å². The number of hydrogen-bond donors (Lipinski definition) is 1. The van der Waals surface area contributed by atoms with Crippen LogP contribution in [0.15, 0.2) is 48.7 Å². The Labute approximate surface area is 176 Å². The summed E-state index contributed by atoms with van der Waals surface area (Å²) in [7, 11) is 1.59. The Hall–Kier alpha value is -3.13. The SMILES string of the molecule is COCCOc1ncccc1NC(=O)C1CCN(C(=O)COc2ccccc2)CC1. The van der Waals surface area contributed by atoms with E-state index in [1.54, 1.807) is 30.3 Å². The highest BCUT2D eigenvalue weighted by Crippen LogP contribution is 2.24. The van der Waals surface area contributed by atoms with Crippen molar-refractivity contribution in [3.05, 3.63) is 48.7 Å². The Morgan fingerprint density at radius 1 is 1.07 bits per heavy atom. The van der Waals surface area contributed by atoms with Gasteiger partial charge in [-0.3, -0.25) is 9.59 Å². The maximum atomic E-state index is 12.7. The molecule has 1 saturated heterocycles. The Morgan fingerprint density at radius 2 is 1.83 bits per heavy atom. The summed E-state index contributed by atoms with van der Waals surface area (Å²) in [4.78, 5) is 31.0. The van der Waals surface area contributed by atoms with Gasteiger partial charge in [-0.1, -0.05) is 18.2 Å². The normalized spacial score (nSPS) is 14.2. The van der Waals surface area contributed by atoms with E-state index < -0.39 is 0 Å². The minimum Gasteiger partial charge on any atom is -0.484 e. The van der Waals surface area contributed by atoms with E-state index in [1.165, 1.54) is 0 Å². The van der Waals surface area contributed by atoms with Crippen LogP contribution in [-0.2, 0) is 14.3 Å². The molecule has 0 spiro atoms. The number of pyridine rings is 1. The fourth-order valence-electron chi connectivity index (χ4n) is 3.20. The van der Waals surface area contributed by atoms with Gasteiger partial charge in [0.15, 0.2) is 6.61 Å². The summed E-state index contributed by atoms with van der Waals surface area (Å²) in [6.45, 7) is 1.84. The van der Waals surface area contributed by atoms with E-state index in [2.05, 4.69) is 10.3 Å². The van der Waals surface area contributed by atoms with Crippen LogP contribution in [-0.4, -0.2) is 61.7 Å². The molecule has 160 valence electrons. The van der Waals surface area contributed by atoms with Crippen molar-refractivity contribution in [2.45, 2.75) is 12.8 Å². The lowest BCUT2D eigenvalue weighted by molar-refractivity contribution is -0.136. The van der Waals surface area contributed by atoms with E-state index in [9.17, 15) is 9.59 Å². The van der Waals surface area contributed by atoms with Crippen LogP contribution < -0.4 is 14.8 Å². The number of amides is 2. The summed E-state index contributed by atoms with van der Waals surface area (Å²) in [5.74, 6) is 0.704. The number of piperidine rings is 1. The summed E-state index contributed by atoms with van der Waals surface area (Å²) in [6.07, 6.45) is 2.81. The fraction of sp³-hybridized carbons (Fsp3) is 0.409. The zero-order chi connectivity index (χ0) is 21.2. The van der Waals surface area contributed by atoms with Gasteiger partial charge in [-0.25, -0.2) is 4.98 Å². The fourth-order valence-corrected chi connectivity index (χ4v) is 3.20. The molecular weight excluding hydrogens is 386 g/mol. The van der Waals surface area contributed by atoms with Crippen molar-refractivity contribution in [2.75, 3.05) is 45.3 Å². The average Bonchev–Trinajstić information content (AvgIpc) is 2.79. The van der Waals surface area contributed by atoms with Crippen LogP contribution in [0.5, 0.6) is 11.6 Å². The highest BCUT2D eigenvalue weighted by Gasteiger charge is 2.28. The van der Waals surface area contributed by atoms with E-state index in [-0.39, 0.29) is 24.3 Å². The molecule has 1 aromatic heterocycles. The minimum atomic E-state index is -0.170. The van der Waals surface area contributed by atoms with Crippen LogP contribution in [0.1, 0.15) is 12.8 Å². The van der Waals surface area contributed by atoms with E-state index in [4.69, 9.17) is 14.2 Å². The third kappa shape index (κ3) is 6.18. The number of carbonyl (C=O) groups excluding carboxylic acids is 2. The number of nitrogens with zero attached hydrogens (tertiary/aromatic N) is 2. The number of hydrogen-bond acceptors (Lipinski definition) is 6. The standard InChI is InChI=1S/C22H27N3O5/c1-28-14-15-29-22-19(8-5-11-23-22)24-21(27)17-9-12-25(13-10-17)20(26)16-30-18-6-3-2-4-7-18/h2-8,11,17H,9-10,12-16H2,1H3,(H,24,27). The Bertz CT molecular complexity index is 823. The average molecular weight is 413 g/mol. The van der Waals surface area contributed by atoms with Crippen molar-refractivity contribution in [2.24, 2.45) is 5.92 Å². The molecule has 0 unspecified atom stereocenters. The van der Waals surface area contributed by atoms with Crippen molar-refractivity contribution in [3.8, 4) is 11.6 Å². The number of likely N-dealkylation sites (tertiary alicyclic amines) is 1. The minimum absolute atomic E-state index is 0.00126. The van der Waals surface area contributed by atoms with Gasteiger partial charge in [0.2, 0.25) is 11.8 Å². The third-order valence-electron chi connectivity index (χ3n) is 4.88. The summed E-state index contributed by atoms with van der Waals surface area (Å²) >= 11 is 0. The van der Waals surface area contributed by atoms with Crippen LogP contribution in [0.25, 0.3) is 0 Å².